The molecule has 0 amide bonds. The van der Waals surface area contributed by atoms with Crippen LogP contribution in [-0.4, -0.2) is 19.8 Å². The predicted octanol–water partition coefficient (Wildman–Crippen LogP) is -1.76. The highest BCUT2D eigenvalue weighted by atomic mass is 35.5. The van der Waals surface area contributed by atoms with Crippen LogP contribution in [0.1, 0.15) is 18.0 Å². The van der Waals surface area contributed by atoms with E-state index in [1.807, 2.05) is 12.1 Å². The van der Waals surface area contributed by atoms with Crippen molar-refractivity contribution in [3.8, 4) is 17.2 Å². The molecule has 2 aliphatic rings. The highest BCUT2D eigenvalue weighted by Gasteiger charge is 2.26. The van der Waals surface area contributed by atoms with Crippen molar-refractivity contribution < 1.29 is 26.6 Å². The van der Waals surface area contributed by atoms with Gasteiger partial charge in [0.25, 0.3) is 0 Å². The van der Waals surface area contributed by atoms with Gasteiger partial charge in [-0.3, -0.25) is 0 Å². The van der Waals surface area contributed by atoms with Crippen LogP contribution in [0.25, 0.3) is 0 Å². The molecule has 0 aromatic heterocycles. The average Bonchev–Trinajstić information content (AvgIpc) is 2.29. The van der Waals surface area contributed by atoms with Crippen molar-refractivity contribution in [2.24, 2.45) is 5.73 Å². The molecule has 1 aromatic carbocycles. The molecular weight excluding hydrogens is 230 g/mol. The lowest BCUT2D eigenvalue weighted by atomic mass is 10.0. The highest BCUT2D eigenvalue weighted by molar-refractivity contribution is 5.57. The first-order valence-corrected chi connectivity index (χ1v) is 5.17. The number of nitrogens with two attached hydrogens (primary N) is 1. The van der Waals surface area contributed by atoms with Crippen molar-refractivity contribution in [3.05, 3.63) is 17.7 Å². The van der Waals surface area contributed by atoms with Crippen LogP contribution in [0.15, 0.2) is 12.1 Å². The second-order valence-electron chi connectivity index (χ2n) is 3.75. The molecule has 0 radical (unpaired) electrons. The summed E-state index contributed by atoms with van der Waals surface area (Å²) in [5.41, 5.74) is 7.02. The maximum absolute atomic E-state index is 6.00. The molecule has 16 heavy (non-hydrogen) atoms. The molecule has 5 heteroatoms. The Hall–Kier alpha value is -1.13. The summed E-state index contributed by atoms with van der Waals surface area (Å²) >= 11 is 0. The molecule has 1 aromatic rings. The van der Waals surface area contributed by atoms with Crippen LogP contribution in [0, 0.1) is 0 Å². The number of hydrogen-bond donors (Lipinski definition) is 1. The molecule has 2 aliphatic heterocycles. The van der Waals surface area contributed by atoms with Gasteiger partial charge in [0.05, 0.1) is 6.61 Å². The van der Waals surface area contributed by atoms with E-state index in [9.17, 15) is 0 Å². The molecule has 0 saturated heterocycles. The predicted molar refractivity (Wildman–Crippen MR) is 54.5 cm³/mol. The fourth-order valence-corrected chi connectivity index (χ4v) is 1.99. The molecule has 0 spiro atoms. The summed E-state index contributed by atoms with van der Waals surface area (Å²) < 4.78 is 16.7. The summed E-state index contributed by atoms with van der Waals surface area (Å²) in [5.74, 6) is 2.24. The third-order valence-corrected chi connectivity index (χ3v) is 2.77. The molecular formula is C11H13ClNO3-. The summed E-state index contributed by atoms with van der Waals surface area (Å²) in [5, 5.41) is 0. The van der Waals surface area contributed by atoms with Gasteiger partial charge in [0.15, 0.2) is 11.5 Å². The molecule has 2 heterocycles. The van der Waals surface area contributed by atoms with Gasteiger partial charge in [-0.15, -0.1) is 0 Å². The molecule has 1 atom stereocenters. The SMILES string of the molecule is NC1CCOc2c1ccc1c2OCCO1.[Cl-]. The largest absolute Gasteiger partial charge is 1.00 e. The van der Waals surface area contributed by atoms with Crippen molar-refractivity contribution in [1.82, 2.24) is 0 Å². The number of fused-ring (bicyclic) bond motifs is 3. The van der Waals surface area contributed by atoms with Crippen LogP contribution in [0.3, 0.4) is 0 Å². The molecule has 0 fully saturated rings. The second kappa shape index (κ2) is 4.39. The Morgan fingerprint density at radius 2 is 1.75 bits per heavy atom. The van der Waals surface area contributed by atoms with Gasteiger partial charge in [0, 0.05) is 18.0 Å². The summed E-state index contributed by atoms with van der Waals surface area (Å²) in [6.07, 6.45) is 0.854. The number of benzene rings is 1. The van der Waals surface area contributed by atoms with E-state index in [0.29, 0.717) is 25.6 Å². The third kappa shape index (κ3) is 1.68. The van der Waals surface area contributed by atoms with E-state index in [1.165, 1.54) is 0 Å². The average molecular weight is 243 g/mol. The maximum atomic E-state index is 6.00. The smallest absolute Gasteiger partial charge is 0.204 e. The summed E-state index contributed by atoms with van der Waals surface area (Å²) in [7, 11) is 0. The Balaban J connectivity index is 0.000000963. The summed E-state index contributed by atoms with van der Waals surface area (Å²) in [6, 6.07) is 3.92. The molecule has 88 valence electrons. The lowest BCUT2D eigenvalue weighted by molar-refractivity contribution is -0.00000419. The van der Waals surface area contributed by atoms with Crippen molar-refractivity contribution in [1.29, 1.82) is 0 Å². The van der Waals surface area contributed by atoms with Gasteiger partial charge in [0.1, 0.15) is 13.2 Å². The van der Waals surface area contributed by atoms with E-state index < -0.39 is 0 Å². The zero-order valence-corrected chi connectivity index (χ0v) is 9.50. The Morgan fingerprint density at radius 3 is 2.62 bits per heavy atom. The first-order valence-electron chi connectivity index (χ1n) is 5.17. The lowest BCUT2D eigenvalue weighted by Crippen LogP contribution is -3.00. The van der Waals surface area contributed by atoms with Gasteiger partial charge in [-0.25, -0.2) is 0 Å². The van der Waals surface area contributed by atoms with Crippen molar-refractivity contribution in [2.75, 3.05) is 19.8 Å². The Labute approximate surface area is 100 Å². The second-order valence-corrected chi connectivity index (χ2v) is 3.75. The zero-order chi connectivity index (χ0) is 10.3. The van der Waals surface area contributed by atoms with E-state index in [-0.39, 0.29) is 18.4 Å². The van der Waals surface area contributed by atoms with Crippen LogP contribution >= 0.6 is 0 Å². The van der Waals surface area contributed by atoms with E-state index in [4.69, 9.17) is 19.9 Å². The van der Waals surface area contributed by atoms with E-state index in [2.05, 4.69) is 0 Å². The van der Waals surface area contributed by atoms with Gasteiger partial charge in [0.2, 0.25) is 5.75 Å². The molecule has 0 saturated carbocycles. The molecule has 4 nitrogen and oxygen atoms in total. The summed E-state index contributed by atoms with van der Waals surface area (Å²) in [4.78, 5) is 0. The number of rotatable bonds is 0. The van der Waals surface area contributed by atoms with Crippen molar-refractivity contribution in [3.63, 3.8) is 0 Å². The van der Waals surface area contributed by atoms with E-state index >= 15 is 0 Å². The molecule has 2 N–H and O–H groups in total. The maximum Gasteiger partial charge on any atom is 0.204 e. The van der Waals surface area contributed by atoms with Crippen LogP contribution in [-0.2, 0) is 0 Å². The first-order chi connectivity index (χ1) is 7.36. The minimum atomic E-state index is 0. The van der Waals surface area contributed by atoms with E-state index in [1.54, 1.807) is 0 Å². The third-order valence-electron chi connectivity index (χ3n) is 2.77. The van der Waals surface area contributed by atoms with E-state index in [0.717, 1.165) is 23.5 Å². The van der Waals surface area contributed by atoms with Crippen molar-refractivity contribution >= 4 is 0 Å². The first kappa shape index (κ1) is 11.4. The van der Waals surface area contributed by atoms with Gasteiger partial charge < -0.3 is 32.4 Å². The molecule has 1 unspecified atom stereocenters. The standard InChI is InChI=1S/C11H13NO3.ClH/c12-8-3-4-14-10-7(8)1-2-9-11(10)15-6-5-13-9;/h1-2,8H,3-6,12H2;1H/p-1. The van der Waals surface area contributed by atoms with Gasteiger partial charge in [-0.1, -0.05) is 0 Å². The lowest BCUT2D eigenvalue weighted by Gasteiger charge is -2.28. The van der Waals surface area contributed by atoms with Gasteiger partial charge >= 0.3 is 0 Å². The van der Waals surface area contributed by atoms with Crippen molar-refractivity contribution in [2.45, 2.75) is 12.5 Å². The normalized spacial score (nSPS) is 21.4. The van der Waals surface area contributed by atoms with Gasteiger partial charge in [-0.05, 0) is 12.1 Å². The van der Waals surface area contributed by atoms with Crippen LogP contribution < -0.4 is 32.4 Å². The number of halogens is 1. The minimum Gasteiger partial charge on any atom is -1.00 e. The molecule has 0 aliphatic carbocycles. The van der Waals surface area contributed by atoms with Crippen LogP contribution in [0.2, 0.25) is 0 Å². The Bertz CT molecular complexity index is 397. The zero-order valence-electron chi connectivity index (χ0n) is 8.74. The number of hydrogen-bond acceptors (Lipinski definition) is 4. The Kier molecular flexibility index (Phi) is 3.12. The van der Waals surface area contributed by atoms with Gasteiger partial charge in [-0.2, -0.15) is 0 Å². The molecule has 3 rings (SSSR count). The quantitative estimate of drug-likeness (QED) is 0.586. The topological polar surface area (TPSA) is 53.7 Å². The molecule has 0 bridgehead atoms. The monoisotopic (exact) mass is 242 g/mol. The van der Waals surface area contributed by atoms with Crippen LogP contribution in [0.4, 0.5) is 0 Å². The summed E-state index contributed by atoms with van der Waals surface area (Å²) in [6.45, 7) is 1.81. The minimum absolute atomic E-state index is 0. The van der Waals surface area contributed by atoms with Crippen LogP contribution in [0.5, 0.6) is 17.2 Å². The fraction of sp³-hybridized carbons (Fsp3) is 0.455. The highest BCUT2D eigenvalue weighted by Crippen LogP contribution is 2.45. The Morgan fingerprint density at radius 1 is 1.00 bits per heavy atom. The fourth-order valence-electron chi connectivity index (χ4n) is 1.99. The number of ether oxygens (including phenoxy) is 3.